The monoisotopic (exact) mass is 377 g/mol. The molecule has 2 unspecified atom stereocenters. The summed E-state index contributed by atoms with van der Waals surface area (Å²) < 4.78 is 10.9. The van der Waals surface area contributed by atoms with Crippen LogP contribution < -0.4 is 15.5 Å². The van der Waals surface area contributed by atoms with Crippen LogP contribution in [0.25, 0.3) is 0 Å². The minimum absolute atomic E-state index is 0.0897. The van der Waals surface area contributed by atoms with Gasteiger partial charge in [0.15, 0.2) is 0 Å². The van der Waals surface area contributed by atoms with Gasteiger partial charge in [-0.1, -0.05) is 6.07 Å². The Hall–Kier alpha value is -1.90. The van der Waals surface area contributed by atoms with Gasteiger partial charge in [0, 0.05) is 51.5 Å². The fourth-order valence-corrected chi connectivity index (χ4v) is 3.41. The fourth-order valence-electron chi connectivity index (χ4n) is 3.41. The van der Waals surface area contributed by atoms with Crippen molar-refractivity contribution in [1.82, 2.24) is 20.5 Å². The molecule has 0 aliphatic carbocycles. The Morgan fingerprint density at radius 2 is 2.11 bits per heavy atom. The molecule has 3 heterocycles. The van der Waals surface area contributed by atoms with Crippen molar-refractivity contribution in [3.63, 3.8) is 0 Å². The number of urea groups is 1. The van der Waals surface area contributed by atoms with Gasteiger partial charge in [0.2, 0.25) is 0 Å². The Balaban J connectivity index is 1.39. The lowest BCUT2D eigenvalue weighted by molar-refractivity contribution is 0.0349. The van der Waals surface area contributed by atoms with Crippen molar-refractivity contribution in [2.24, 2.45) is 0 Å². The van der Waals surface area contributed by atoms with E-state index in [1.807, 2.05) is 25.3 Å². The third kappa shape index (κ3) is 6.34. The molecule has 0 radical (unpaired) electrons. The van der Waals surface area contributed by atoms with E-state index >= 15 is 0 Å². The number of anilines is 1. The van der Waals surface area contributed by atoms with Gasteiger partial charge in [-0.05, 0) is 25.5 Å². The van der Waals surface area contributed by atoms with E-state index in [4.69, 9.17) is 9.47 Å². The first-order chi connectivity index (χ1) is 13.1. The number of carbonyl (C=O) groups excluding carboxylic acids is 1. The second-order valence-corrected chi connectivity index (χ2v) is 7.29. The second-order valence-electron chi connectivity index (χ2n) is 7.29. The molecule has 2 amide bonds. The summed E-state index contributed by atoms with van der Waals surface area (Å²) in [5, 5.41) is 5.90. The lowest BCUT2D eigenvalue weighted by Gasteiger charge is -2.32. The van der Waals surface area contributed by atoms with E-state index in [1.165, 1.54) is 0 Å². The van der Waals surface area contributed by atoms with Crippen LogP contribution in [-0.2, 0) is 16.0 Å². The lowest BCUT2D eigenvalue weighted by atomic mass is 10.2. The van der Waals surface area contributed by atoms with E-state index in [2.05, 4.69) is 32.3 Å². The largest absolute Gasteiger partial charge is 0.379 e. The smallest absolute Gasteiger partial charge is 0.315 e. The molecule has 150 valence electrons. The predicted molar refractivity (Wildman–Crippen MR) is 104 cm³/mol. The van der Waals surface area contributed by atoms with Crippen molar-refractivity contribution in [3.8, 4) is 0 Å². The molecule has 2 atom stereocenters. The summed E-state index contributed by atoms with van der Waals surface area (Å²) in [5.74, 6) is 0.956. The number of nitrogens with one attached hydrogen (secondary N) is 2. The van der Waals surface area contributed by atoms with Gasteiger partial charge in [0.25, 0.3) is 0 Å². The lowest BCUT2D eigenvalue weighted by Crippen LogP contribution is -2.48. The average Bonchev–Trinajstić information content (AvgIpc) is 2.67. The van der Waals surface area contributed by atoms with Crippen molar-refractivity contribution >= 4 is 11.8 Å². The maximum atomic E-state index is 12.1. The maximum absolute atomic E-state index is 12.1. The van der Waals surface area contributed by atoms with Gasteiger partial charge in [-0.2, -0.15) is 0 Å². The number of nitrogens with zero attached hydrogens (tertiary/aromatic N) is 3. The zero-order valence-electron chi connectivity index (χ0n) is 16.3. The van der Waals surface area contributed by atoms with Crippen LogP contribution in [0.15, 0.2) is 18.3 Å². The summed E-state index contributed by atoms with van der Waals surface area (Å²) in [6, 6.07) is 3.96. The van der Waals surface area contributed by atoms with Crippen LogP contribution >= 0.6 is 0 Å². The van der Waals surface area contributed by atoms with E-state index < -0.39 is 0 Å². The van der Waals surface area contributed by atoms with E-state index in [9.17, 15) is 4.79 Å². The highest BCUT2D eigenvalue weighted by Gasteiger charge is 2.18. The van der Waals surface area contributed by atoms with Gasteiger partial charge in [-0.25, -0.2) is 9.78 Å². The highest BCUT2D eigenvalue weighted by molar-refractivity contribution is 5.74. The summed E-state index contributed by atoms with van der Waals surface area (Å²) in [5.41, 5.74) is 0.982. The fraction of sp³-hybridized carbons (Fsp3) is 0.684. The molecule has 1 aromatic heterocycles. The molecule has 0 bridgehead atoms. The van der Waals surface area contributed by atoms with E-state index in [-0.39, 0.29) is 18.2 Å². The topological polar surface area (TPSA) is 79.0 Å². The number of morpholine rings is 2. The molecule has 0 aromatic carbocycles. The van der Waals surface area contributed by atoms with Crippen LogP contribution in [0.3, 0.4) is 0 Å². The molecule has 0 spiro atoms. The van der Waals surface area contributed by atoms with Gasteiger partial charge in [-0.3, -0.25) is 4.90 Å². The molecule has 1 aromatic rings. The Bertz CT molecular complexity index is 592. The standard InChI is InChI=1S/C19H31N5O3/c1-15(13-23-5-8-26-9-6-23)22-19(25)21-12-17-3-4-18(20-11-17)24-7-10-27-16(2)14-24/h3-4,11,15-16H,5-10,12-14H2,1-2H3,(H2,21,22,25). The molecule has 2 aliphatic heterocycles. The van der Waals surface area contributed by atoms with E-state index in [0.29, 0.717) is 6.54 Å². The van der Waals surface area contributed by atoms with Crippen LogP contribution in [0.4, 0.5) is 10.6 Å². The Labute approximate surface area is 161 Å². The Morgan fingerprint density at radius 1 is 1.30 bits per heavy atom. The summed E-state index contributed by atoms with van der Waals surface area (Å²) in [6.45, 7) is 11.2. The van der Waals surface area contributed by atoms with Crippen molar-refractivity contribution < 1.29 is 14.3 Å². The molecule has 2 N–H and O–H groups in total. The van der Waals surface area contributed by atoms with Gasteiger partial charge in [-0.15, -0.1) is 0 Å². The normalized spacial score (nSPS) is 22.3. The number of rotatable bonds is 6. The van der Waals surface area contributed by atoms with Gasteiger partial charge >= 0.3 is 6.03 Å². The SMILES string of the molecule is CC(CN1CCOCC1)NC(=O)NCc1ccc(N2CCOC(C)C2)nc1. The van der Waals surface area contributed by atoms with Crippen LogP contribution in [0.1, 0.15) is 19.4 Å². The molecule has 2 saturated heterocycles. The summed E-state index contributed by atoms with van der Waals surface area (Å²) >= 11 is 0. The molecule has 0 saturated carbocycles. The van der Waals surface area contributed by atoms with Gasteiger partial charge < -0.3 is 25.0 Å². The summed E-state index contributed by atoms with van der Waals surface area (Å²) in [4.78, 5) is 21.2. The molecule has 2 aliphatic rings. The summed E-state index contributed by atoms with van der Waals surface area (Å²) in [6.07, 6.45) is 2.05. The van der Waals surface area contributed by atoms with Crippen LogP contribution in [0.2, 0.25) is 0 Å². The first-order valence-electron chi connectivity index (χ1n) is 9.76. The number of amides is 2. The third-order valence-electron chi connectivity index (χ3n) is 4.84. The number of hydrogen-bond acceptors (Lipinski definition) is 6. The minimum atomic E-state index is -0.151. The maximum Gasteiger partial charge on any atom is 0.315 e. The highest BCUT2D eigenvalue weighted by atomic mass is 16.5. The number of pyridine rings is 1. The van der Waals surface area contributed by atoms with Gasteiger partial charge in [0.05, 0.1) is 25.9 Å². The molecule has 2 fully saturated rings. The number of ether oxygens (including phenoxy) is 2. The molecule has 3 rings (SSSR count). The number of aromatic nitrogens is 1. The van der Waals surface area contributed by atoms with Crippen LogP contribution in [0, 0.1) is 0 Å². The van der Waals surface area contributed by atoms with Crippen LogP contribution in [-0.4, -0.2) is 80.6 Å². The molecule has 27 heavy (non-hydrogen) atoms. The van der Waals surface area contributed by atoms with Gasteiger partial charge in [0.1, 0.15) is 5.82 Å². The first-order valence-corrected chi connectivity index (χ1v) is 9.76. The first kappa shape index (κ1) is 19.9. The van der Waals surface area contributed by atoms with Crippen molar-refractivity contribution in [1.29, 1.82) is 0 Å². The second kappa shape index (κ2) is 9.87. The predicted octanol–water partition coefficient (Wildman–Crippen LogP) is 0.827. The quantitative estimate of drug-likeness (QED) is 0.764. The Morgan fingerprint density at radius 3 is 2.81 bits per heavy atom. The Kier molecular flexibility index (Phi) is 7.25. The molecule has 8 nitrogen and oxygen atoms in total. The average molecular weight is 377 g/mol. The number of carbonyl (C=O) groups is 1. The van der Waals surface area contributed by atoms with E-state index in [1.54, 1.807) is 0 Å². The van der Waals surface area contributed by atoms with Crippen LogP contribution in [0.5, 0.6) is 0 Å². The zero-order chi connectivity index (χ0) is 19.1. The molecular weight excluding hydrogens is 346 g/mol. The number of hydrogen-bond donors (Lipinski definition) is 2. The third-order valence-corrected chi connectivity index (χ3v) is 4.84. The summed E-state index contributed by atoms with van der Waals surface area (Å²) in [7, 11) is 0. The highest BCUT2D eigenvalue weighted by Crippen LogP contribution is 2.15. The minimum Gasteiger partial charge on any atom is -0.379 e. The zero-order valence-corrected chi connectivity index (χ0v) is 16.3. The van der Waals surface area contributed by atoms with E-state index in [0.717, 1.165) is 63.9 Å². The van der Waals surface area contributed by atoms with Crippen molar-refractivity contribution in [3.05, 3.63) is 23.9 Å². The van der Waals surface area contributed by atoms with Crippen molar-refractivity contribution in [2.75, 3.05) is 57.4 Å². The molecular formula is C19H31N5O3. The van der Waals surface area contributed by atoms with Crippen molar-refractivity contribution in [2.45, 2.75) is 32.5 Å². The molecule has 8 heteroatoms.